The van der Waals surface area contributed by atoms with Gasteiger partial charge in [0.1, 0.15) is 12.1 Å². The Morgan fingerprint density at radius 3 is 2.83 bits per heavy atom. The summed E-state index contributed by atoms with van der Waals surface area (Å²) in [6, 6.07) is 2.59. The van der Waals surface area contributed by atoms with Crippen molar-refractivity contribution in [2.75, 3.05) is 13.6 Å². The number of aliphatic hydroxyl groups excluding tert-OH is 1. The lowest BCUT2D eigenvalue weighted by Gasteiger charge is -2.35. The number of carboxylic acid groups (broad SMARTS) is 1. The minimum absolute atomic E-state index is 0.243. The molecule has 2 aliphatic heterocycles. The molecule has 8 heteroatoms. The molecule has 3 aliphatic rings. The molecule has 3 N–H and O–H groups in total. The SMILES string of the molecule is CC(C)C(NC(=O)Oc1ccc2c3c1O[C@H]1C[C@@H](O)C=C[C@@]31CCN(C)C2)C(=O)O. The molecule has 0 saturated carbocycles. The second-order valence-corrected chi connectivity index (χ2v) is 8.82. The van der Waals surface area contributed by atoms with Gasteiger partial charge in [0.05, 0.1) is 11.5 Å². The van der Waals surface area contributed by atoms with E-state index in [0.717, 1.165) is 30.6 Å². The van der Waals surface area contributed by atoms with E-state index in [4.69, 9.17) is 9.47 Å². The van der Waals surface area contributed by atoms with Crippen LogP contribution in [0.15, 0.2) is 24.3 Å². The molecule has 1 unspecified atom stereocenters. The molecule has 0 saturated heterocycles. The summed E-state index contributed by atoms with van der Waals surface area (Å²) in [4.78, 5) is 26.1. The van der Waals surface area contributed by atoms with Crippen molar-refractivity contribution in [2.24, 2.45) is 5.92 Å². The van der Waals surface area contributed by atoms with E-state index in [-0.39, 0.29) is 23.2 Å². The first kappa shape index (κ1) is 20.7. The zero-order chi connectivity index (χ0) is 21.6. The van der Waals surface area contributed by atoms with Crippen molar-refractivity contribution in [3.63, 3.8) is 0 Å². The summed E-state index contributed by atoms with van der Waals surface area (Å²) < 4.78 is 11.8. The molecule has 8 nitrogen and oxygen atoms in total. The number of aliphatic carboxylic acids is 1. The van der Waals surface area contributed by atoms with Gasteiger partial charge in [-0.05, 0) is 37.6 Å². The number of aliphatic hydroxyl groups is 1. The molecule has 2 heterocycles. The van der Waals surface area contributed by atoms with Gasteiger partial charge in [0.15, 0.2) is 11.5 Å². The second-order valence-electron chi connectivity index (χ2n) is 8.82. The normalized spacial score (nSPS) is 28.2. The molecule has 4 rings (SSSR count). The summed E-state index contributed by atoms with van der Waals surface area (Å²) in [5, 5.41) is 21.9. The molecule has 0 aromatic heterocycles. The van der Waals surface area contributed by atoms with Crippen LogP contribution in [0, 0.1) is 5.92 Å². The van der Waals surface area contributed by atoms with Gasteiger partial charge in [-0.1, -0.05) is 32.1 Å². The first-order valence-corrected chi connectivity index (χ1v) is 10.3. The van der Waals surface area contributed by atoms with Crippen LogP contribution in [0.1, 0.15) is 37.8 Å². The lowest BCUT2D eigenvalue weighted by Crippen LogP contribution is -2.45. The van der Waals surface area contributed by atoms with Crippen LogP contribution >= 0.6 is 0 Å². The number of benzene rings is 1. The Balaban J connectivity index is 1.68. The molecule has 0 radical (unpaired) electrons. The fourth-order valence-electron chi connectivity index (χ4n) is 4.77. The van der Waals surface area contributed by atoms with Gasteiger partial charge in [-0.2, -0.15) is 0 Å². The molecule has 0 fully saturated rings. The second kappa shape index (κ2) is 7.59. The smallest absolute Gasteiger partial charge is 0.413 e. The van der Waals surface area contributed by atoms with E-state index in [2.05, 4.69) is 17.3 Å². The predicted molar refractivity (Wildman–Crippen MR) is 109 cm³/mol. The monoisotopic (exact) mass is 416 g/mol. The maximum atomic E-state index is 12.5. The highest BCUT2D eigenvalue weighted by molar-refractivity contribution is 5.81. The predicted octanol–water partition coefficient (Wildman–Crippen LogP) is 2.04. The topological polar surface area (TPSA) is 108 Å². The van der Waals surface area contributed by atoms with Crippen LogP contribution in [0.5, 0.6) is 11.5 Å². The number of carbonyl (C=O) groups is 2. The van der Waals surface area contributed by atoms with Crippen molar-refractivity contribution in [1.82, 2.24) is 10.2 Å². The molecule has 1 aromatic rings. The molecule has 1 amide bonds. The first-order valence-electron chi connectivity index (χ1n) is 10.3. The summed E-state index contributed by atoms with van der Waals surface area (Å²) in [5.41, 5.74) is 1.74. The Labute approximate surface area is 175 Å². The molecule has 1 aliphatic carbocycles. The number of carboxylic acids is 1. The summed E-state index contributed by atoms with van der Waals surface area (Å²) in [6.07, 6.45) is 3.52. The third kappa shape index (κ3) is 3.44. The lowest BCUT2D eigenvalue weighted by molar-refractivity contribution is -0.140. The number of rotatable bonds is 4. The van der Waals surface area contributed by atoms with Gasteiger partial charge in [0.2, 0.25) is 0 Å². The van der Waals surface area contributed by atoms with Gasteiger partial charge in [0.25, 0.3) is 0 Å². The first-order chi connectivity index (χ1) is 14.2. The maximum absolute atomic E-state index is 12.5. The van der Waals surface area contributed by atoms with Crippen LogP contribution in [0.2, 0.25) is 0 Å². The number of nitrogens with one attached hydrogen (secondary N) is 1. The van der Waals surface area contributed by atoms with E-state index < -0.39 is 24.2 Å². The van der Waals surface area contributed by atoms with Gasteiger partial charge >= 0.3 is 12.1 Å². The lowest BCUT2D eigenvalue weighted by atomic mass is 9.69. The van der Waals surface area contributed by atoms with Crippen LogP contribution in [-0.4, -0.2) is 59.0 Å². The van der Waals surface area contributed by atoms with E-state index in [1.807, 2.05) is 18.2 Å². The average molecular weight is 416 g/mol. The van der Waals surface area contributed by atoms with Gasteiger partial charge in [0, 0.05) is 18.5 Å². The maximum Gasteiger partial charge on any atom is 0.413 e. The highest BCUT2D eigenvalue weighted by Gasteiger charge is 2.52. The van der Waals surface area contributed by atoms with E-state index in [1.54, 1.807) is 19.9 Å². The van der Waals surface area contributed by atoms with Crippen molar-refractivity contribution in [3.8, 4) is 11.5 Å². The average Bonchev–Trinajstić information content (AvgIpc) is 2.93. The third-order valence-electron chi connectivity index (χ3n) is 6.34. The number of hydrogen-bond donors (Lipinski definition) is 3. The Bertz CT molecular complexity index is 898. The van der Waals surface area contributed by atoms with E-state index in [9.17, 15) is 19.8 Å². The Morgan fingerprint density at radius 2 is 2.13 bits per heavy atom. The highest BCUT2D eigenvalue weighted by Crippen LogP contribution is 2.55. The fourth-order valence-corrected chi connectivity index (χ4v) is 4.77. The zero-order valence-corrected chi connectivity index (χ0v) is 17.4. The van der Waals surface area contributed by atoms with Gasteiger partial charge in [-0.15, -0.1) is 0 Å². The summed E-state index contributed by atoms with van der Waals surface area (Å²) in [6.45, 7) is 5.05. The quantitative estimate of drug-likeness (QED) is 0.645. The molecule has 162 valence electrons. The minimum Gasteiger partial charge on any atom is -0.485 e. The summed E-state index contributed by atoms with van der Waals surface area (Å²) >= 11 is 0. The van der Waals surface area contributed by atoms with Crippen LogP contribution in [-0.2, 0) is 16.8 Å². The zero-order valence-electron chi connectivity index (χ0n) is 17.4. The molecule has 0 bridgehead atoms. The number of hydrogen-bond acceptors (Lipinski definition) is 6. The van der Waals surface area contributed by atoms with E-state index in [1.165, 1.54) is 0 Å². The molecular weight excluding hydrogens is 388 g/mol. The Morgan fingerprint density at radius 1 is 1.37 bits per heavy atom. The third-order valence-corrected chi connectivity index (χ3v) is 6.34. The Kier molecular flexibility index (Phi) is 5.23. The van der Waals surface area contributed by atoms with E-state index >= 15 is 0 Å². The molecular formula is C22H28N2O6. The van der Waals surface area contributed by atoms with E-state index in [0.29, 0.717) is 12.2 Å². The Hall–Kier alpha value is -2.58. The number of nitrogens with zero attached hydrogens (tertiary/aromatic N) is 1. The van der Waals surface area contributed by atoms with Gasteiger partial charge in [-0.3, -0.25) is 0 Å². The number of carbonyl (C=O) groups excluding carboxylic acids is 1. The number of amides is 1. The summed E-state index contributed by atoms with van der Waals surface area (Å²) in [7, 11) is 2.07. The van der Waals surface area contributed by atoms with Crippen LogP contribution < -0.4 is 14.8 Å². The molecule has 4 atom stereocenters. The van der Waals surface area contributed by atoms with Crippen LogP contribution in [0.3, 0.4) is 0 Å². The highest BCUT2D eigenvalue weighted by atomic mass is 16.6. The summed E-state index contributed by atoms with van der Waals surface area (Å²) in [5.74, 6) is -0.628. The minimum atomic E-state index is -1.11. The van der Waals surface area contributed by atoms with Crippen LogP contribution in [0.25, 0.3) is 0 Å². The van der Waals surface area contributed by atoms with Crippen molar-refractivity contribution in [3.05, 3.63) is 35.4 Å². The van der Waals surface area contributed by atoms with Crippen molar-refractivity contribution >= 4 is 12.1 Å². The van der Waals surface area contributed by atoms with Gasteiger partial charge in [-0.25, -0.2) is 9.59 Å². The van der Waals surface area contributed by atoms with Crippen molar-refractivity contribution in [1.29, 1.82) is 0 Å². The molecule has 30 heavy (non-hydrogen) atoms. The number of ether oxygens (including phenoxy) is 2. The standard InChI is InChI=1S/C22H28N2O6/c1-12(2)18(20(26)27)23-21(28)29-15-5-4-13-11-24(3)9-8-22-7-6-14(25)10-16(22)30-19(15)17(13)22/h4-7,12,14,16,18,25H,8-11H2,1-3H3,(H,23,28)(H,26,27)/t14-,16-,18?,22-/m0/s1. The van der Waals surface area contributed by atoms with Crippen molar-refractivity contribution < 1.29 is 29.3 Å². The molecule has 1 aromatic carbocycles. The van der Waals surface area contributed by atoms with Crippen LogP contribution in [0.4, 0.5) is 4.79 Å². The van der Waals surface area contributed by atoms with Gasteiger partial charge < -0.3 is 29.9 Å². The fraction of sp³-hybridized carbons (Fsp3) is 0.545. The largest absolute Gasteiger partial charge is 0.485 e. The van der Waals surface area contributed by atoms with Crippen molar-refractivity contribution in [2.45, 2.75) is 56.9 Å². The molecule has 1 spiro atoms.